The molecule has 13 heavy (non-hydrogen) atoms. The molecule has 2 heterocycles. The maximum absolute atomic E-state index is 4.23. The standard InChI is InChI=1S/C8H8N4S/c1-13-8-6(3-2-4-9-8)7-10-5-11-12-7/h2-5H,1H3,(H,10,11,12). The number of rotatable bonds is 2. The van der Waals surface area contributed by atoms with Crippen molar-refractivity contribution < 1.29 is 0 Å². The number of aromatic nitrogens is 4. The van der Waals surface area contributed by atoms with E-state index in [1.807, 2.05) is 18.4 Å². The van der Waals surface area contributed by atoms with E-state index >= 15 is 0 Å². The van der Waals surface area contributed by atoms with Crippen molar-refractivity contribution in [1.29, 1.82) is 0 Å². The Morgan fingerprint density at radius 3 is 3.00 bits per heavy atom. The van der Waals surface area contributed by atoms with Crippen molar-refractivity contribution >= 4 is 11.8 Å². The van der Waals surface area contributed by atoms with Gasteiger partial charge in [0.05, 0.1) is 5.56 Å². The SMILES string of the molecule is CSc1ncccc1-c1ncn[nH]1. The Balaban J connectivity index is 2.51. The average Bonchev–Trinajstić information content (AvgIpc) is 2.70. The summed E-state index contributed by atoms with van der Waals surface area (Å²) in [5.41, 5.74) is 0.993. The zero-order chi connectivity index (χ0) is 9.10. The Morgan fingerprint density at radius 2 is 2.31 bits per heavy atom. The second kappa shape index (κ2) is 3.57. The summed E-state index contributed by atoms with van der Waals surface area (Å²) in [4.78, 5) is 8.30. The number of H-pyrrole nitrogens is 1. The van der Waals surface area contributed by atoms with Crippen LogP contribution in [0, 0.1) is 0 Å². The molecule has 2 rings (SSSR count). The van der Waals surface area contributed by atoms with Crippen LogP contribution in [0.3, 0.4) is 0 Å². The summed E-state index contributed by atoms with van der Waals surface area (Å²) in [6.45, 7) is 0. The second-order valence-electron chi connectivity index (χ2n) is 2.39. The lowest BCUT2D eigenvalue weighted by Crippen LogP contribution is -1.87. The molecule has 0 amide bonds. The van der Waals surface area contributed by atoms with Crippen molar-refractivity contribution in [3.63, 3.8) is 0 Å². The fourth-order valence-corrected chi connectivity index (χ4v) is 1.62. The van der Waals surface area contributed by atoms with Gasteiger partial charge in [-0.2, -0.15) is 5.10 Å². The van der Waals surface area contributed by atoms with Gasteiger partial charge in [-0.25, -0.2) is 9.97 Å². The van der Waals surface area contributed by atoms with Crippen molar-refractivity contribution in [2.75, 3.05) is 6.26 Å². The van der Waals surface area contributed by atoms with E-state index in [2.05, 4.69) is 20.2 Å². The number of hydrogen-bond acceptors (Lipinski definition) is 4. The smallest absolute Gasteiger partial charge is 0.158 e. The summed E-state index contributed by atoms with van der Waals surface area (Å²) in [6, 6.07) is 3.86. The molecule has 0 aromatic carbocycles. The zero-order valence-corrected chi connectivity index (χ0v) is 7.88. The number of nitrogens with one attached hydrogen (secondary N) is 1. The monoisotopic (exact) mass is 192 g/mol. The Bertz CT molecular complexity index is 385. The van der Waals surface area contributed by atoms with Gasteiger partial charge >= 0.3 is 0 Å². The van der Waals surface area contributed by atoms with Crippen molar-refractivity contribution in [2.45, 2.75) is 5.03 Å². The third kappa shape index (κ3) is 1.55. The summed E-state index contributed by atoms with van der Waals surface area (Å²) in [5.74, 6) is 0.762. The number of pyridine rings is 1. The van der Waals surface area contributed by atoms with Crippen LogP contribution in [0.2, 0.25) is 0 Å². The average molecular weight is 192 g/mol. The van der Waals surface area contributed by atoms with E-state index < -0.39 is 0 Å². The van der Waals surface area contributed by atoms with Crippen LogP contribution >= 0.6 is 11.8 Å². The van der Waals surface area contributed by atoms with Gasteiger partial charge in [0.15, 0.2) is 5.82 Å². The molecule has 0 aliphatic carbocycles. The molecule has 4 nitrogen and oxygen atoms in total. The van der Waals surface area contributed by atoms with Gasteiger partial charge in [0, 0.05) is 6.20 Å². The quantitative estimate of drug-likeness (QED) is 0.734. The molecule has 2 aromatic rings. The van der Waals surface area contributed by atoms with E-state index in [9.17, 15) is 0 Å². The third-order valence-electron chi connectivity index (χ3n) is 1.63. The Labute approximate surface area is 79.8 Å². The maximum atomic E-state index is 4.23. The lowest BCUT2D eigenvalue weighted by atomic mass is 10.3. The molecule has 66 valence electrons. The van der Waals surface area contributed by atoms with E-state index in [-0.39, 0.29) is 0 Å². The minimum atomic E-state index is 0.762. The number of aromatic amines is 1. The Morgan fingerprint density at radius 1 is 1.38 bits per heavy atom. The zero-order valence-electron chi connectivity index (χ0n) is 7.06. The van der Waals surface area contributed by atoms with Gasteiger partial charge in [-0.15, -0.1) is 11.8 Å². The van der Waals surface area contributed by atoms with Crippen LogP contribution < -0.4 is 0 Å². The highest BCUT2D eigenvalue weighted by atomic mass is 32.2. The summed E-state index contributed by atoms with van der Waals surface area (Å²) < 4.78 is 0. The normalized spacial score (nSPS) is 10.2. The minimum Gasteiger partial charge on any atom is -0.259 e. The Kier molecular flexibility index (Phi) is 2.27. The highest BCUT2D eigenvalue weighted by molar-refractivity contribution is 7.98. The number of thioether (sulfide) groups is 1. The van der Waals surface area contributed by atoms with Gasteiger partial charge in [0.25, 0.3) is 0 Å². The molecule has 2 aromatic heterocycles. The first-order chi connectivity index (χ1) is 6.42. The molecule has 0 spiro atoms. The van der Waals surface area contributed by atoms with Crippen LogP contribution in [-0.4, -0.2) is 26.4 Å². The molecule has 1 N–H and O–H groups in total. The van der Waals surface area contributed by atoms with Gasteiger partial charge in [0.1, 0.15) is 11.4 Å². The summed E-state index contributed by atoms with van der Waals surface area (Å²) in [5, 5.41) is 7.57. The fraction of sp³-hybridized carbons (Fsp3) is 0.125. The van der Waals surface area contributed by atoms with Crippen molar-refractivity contribution in [3.8, 4) is 11.4 Å². The molecule has 0 aliphatic rings. The predicted molar refractivity (Wildman–Crippen MR) is 51.4 cm³/mol. The van der Waals surface area contributed by atoms with Gasteiger partial charge in [-0.1, -0.05) is 0 Å². The largest absolute Gasteiger partial charge is 0.259 e. The molecule has 0 saturated heterocycles. The number of hydrogen-bond donors (Lipinski definition) is 1. The van der Waals surface area contributed by atoms with E-state index in [4.69, 9.17) is 0 Å². The molecule has 0 radical (unpaired) electrons. The second-order valence-corrected chi connectivity index (χ2v) is 3.19. The molecular weight excluding hydrogens is 184 g/mol. The van der Waals surface area contributed by atoms with Crippen LogP contribution in [0.5, 0.6) is 0 Å². The van der Waals surface area contributed by atoms with Crippen molar-refractivity contribution in [1.82, 2.24) is 20.2 Å². The lowest BCUT2D eigenvalue weighted by Gasteiger charge is -2.00. The van der Waals surface area contributed by atoms with E-state index in [1.54, 1.807) is 18.0 Å². The first-order valence-corrected chi connectivity index (χ1v) is 4.99. The molecule has 5 heteroatoms. The van der Waals surface area contributed by atoms with Gasteiger partial charge in [0.2, 0.25) is 0 Å². The van der Waals surface area contributed by atoms with Crippen LogP contribution in [-0.2, 0) is 0 Å². The Hall–Kier alpha value is -1.36. The topological polar surface area (TPSA) is 54.5 Å². The molecule has 0 atom stereocenters. The van der Waals surface area contributed by atoms with Crippen LogP contribution in [0.25, 0.3) is 11.4 Å². The van der Waals surface area contributed by atoms with Crippen LogP contribution in [0.1, 0.15) is 0 Å². The van der Waals surface area contributed by atoms with Gasteiger partial charge in [-0.05, 0) is 18.4 Å². The van der Waals surface area contributed by atoms with E-state index in [0.717, 1.165) is 16.4 Å². The van der Waals surface area contributed by atoms with Gasteiger partial charge in [-0.3, -0.25) is 5.10 Å². The van der Waals surface area contributed by atoms with Crippen molar-refractivity contribution in [3.05, 3.63) is 24.7 Å². The summed E-state index contributed by atoms with van der Waals surface area (Å²) in [6.07, 6.45) is 5.25. The molecule has 0 aliphatic heterocycles. The highest BCUT2D eigenvalue weighted by Gasteiger charge is 2.06. The first kappa shape index (κ1) is 8.25. The van der Waals surface area contributed by atoms with Crippen molar-refractivity contribution in [2.24, 2.45) is 0 Å². The summed E-state index contributed by atoms with van der Waals surface area (Å²) >= 11 is 1.59. The highest BCUT2D eigenvalue weighted by Crippen LogP contribution is 2.24. The maximum Gasteiger partial charge on any atom is 0.158 e. The lowest BCUT2D eigenvalue weighted by molar-refractivity contribution is 1.07. The molecular formula is C8H8N4S. The molecule has 0 unspecified atom stereocenters. The first-order valence-electron chi connectivity index (χ1n) is 3.76. The minimum absolute atomic E-state index is 0.762. The molecule has 0 bridgehead atoms. The fourth-order valence-electron chi connectivity index (χ4n) is 1.07. The van der Waals surface area contributed by atoms with Crippen LogP contribution in [0.15, 0.2) is 29.7 Å². The molecule has 0 saturated carbocycles. The van der Waals surface area contributed by atoms with E-state index in [0.29, 0.717) is 0 Å². The molecule has 0 fully saturated rings. The number of nitrogens with zero attached hydrogens (tertiary/aromatic N) is 3. The summed E-state index contributed by atoms with van der Waals surface area (Å²) in [7, 11) is 0. The van der Waals surface area contributed by atoms with Crippen LogP contribution in [0.4, 0.5) is 0 Å². The van der Waals surface area contributed by atoms with Gasteiger partial charge < -0.3 is 0 Å². The van der Waals surface area contributed by atoms with E-state index in [1.165, 1.54) is 6.33 Å². The predicted octanol–water partition coefficient (Wildman–Crippen LogP) is 1.59. The third-order valence-corrected chi connectivity index (χ3v) is 2.35.